The van der Waals surface area contributed by atoms with Gasteiger partial charge in [-0.2, -0.15) is 0 Å². The smallest absolute Gasteiger partial charge is 0.262 e. The zero-order valence-corrected chi connectivity index (χ0v) is 60.4. The fourth-order valence-electron chi connectivity index (χ4n) is 15.0. The van der Waals surface area contributed by atoms with Gasteiger partial charge < -0.3 is 0 Å². The molecule has 5 atom stereocenters. The molecule has 0 radical (unpaired) electrons. The molecule has 5 saturated heterocycles. The highest BCUT2D eigenvalue weighted by Gasteiger charge is 2.52. The summed E-state index contributed by atoms with van der Waals surface area (Å²) in [6.45, 7) is 5.68. The second kappa shape index (κ2) is 32.1. The lowest BCUT2D eigenvalue weighted by Crippen LogP contribution is -2.56. The van der Waals surface area contributed by atoms with Crippen molar-refractivity contribution in [1.29, 1.82) is 0 Å². The molecular formula is C83H68N10O20. The molecule has 7 aromatic carbocycles. The van der Waals surface area contributed by atoms with E-state index in [0.717, 1.165) is 49.7 Å². The maximum Gasteiger partial charge on any atom is 0.262 e. The van der Waals surface area contributed by atoms with Gasteiger partial charge in [0.25, 0.3) is 82.7 Å². The van der Waals surface area contributed by atoms with Crippen molar-refractivity contribution < 1.29 is 95.9 Å². The topological polar surface area (TPSA) is 383 Å². The van der Waals surface area contributed by atoms with Crippen molar-refractivity contribution in [1.82, 2.24) is 44.5 Å². The summed E-state index contributed by atoms with van der Waals surface area (Å²) in [6, 6.07) is 45.5. The number of anilines is 1. The Morgan fingerprint density at radius 3 is 0.903 bits per heavy atom. The van der Waals surface area contributed by atoms with Crippen LogP contribution in [0.25, 0.3) is 0 Å². The van der Waals surface area contributed by atoms with E-state index in [9.17, 15) is 95.9 Å². The van der Waals surface area contributed by atoms with Crippen LogP contribution >= 0.6 is 0 Å². The van der Waals surface area contributed by atoms with Crippen molar-refractivity contribution in [2.24, 2.45) is 0 Å². The highest BCUT2D eigenvalue weighted by Crippen LogP contribution is 2.36. The summed E-state index contributed by atoms with van der Waals surface area (Å²) in [4.78, 5) is 255. The van der Waals surface area contributed by atoms with Crippen LogP contribution in [0.15, 0.2) is 195 Å². The average molecular weight is 1530 g/mol. The number of carbonyl (C=O) groups excluding carboxylic acids is 20. The predicted molar refractivity (Wildman–Crippen MR) is 393 cm³/mol. The molecule has 0 aliphatic carbocycles. The second-order valence-corrected chi connectivity index (χ2v) is 27.1. The Kier molecular flexibility index (Phi) is 21.8. The fourth-order valence-corrected chi connectivity index (χ4v) is 15.0. The number of hydrogen-bond acceptors (Lipinski definition) is 20. The average Bonchev–Trinajstić information content (AvgIpc) is 1.48. The number of nitrogens with zero attached hydrogens (tertiary/aromatic N) is 9. The molecule has 1 N–H and O–H groups in total. The van der Waals surface area contributed by atoms with Gasteiger partial charge in [-0.1, -0.05) is 115 Å². The van der Waals surface area contributed by atoms with Gasteiger partial charge in [0.2, 0.25) is 35.4 Å². The van der Waals surface area contributed by atoms with Crippen LogP contribution in [0.4, 0.5) is 5.69 Å². The lowest BCUT2D eigenvalue weighted by Gasteiger charge is -2.34. The first-order valence-electron chi connectivity index (χ1n) is 36.2. The van der Waals surface area contributed by atoms with Crippen LogP contribution in [-0.2, 0) is 54.5 Å². The van der Waals surface area contributed by atoms with Gasteiger partial charge in [-0.15, -0.1) is 6.58 Å². The molecule has 20 amide bonds. The maximum absolute atomic E-state index is 12.9. The molecule has 570 valence electrons. The third kappa shape index (κ3) is 14.2. The number of para-hydroxylation sites is 1. The third-order valence-corrected chi connectivity index (χ3v) is 20.6. The first-order chi connectivity index (χ1) is 54.4. The van der Waals surface area contributed by atoms with Gasteiger partial charge in [0, 0.05) is 45.2 Å². The number of benzene rings is 7. The summed E-state index contributed by atoms with van der Waals surface area (Å²) >= 11 is 0. The predicted octanol–water partition coefficient (Wildman–Crippen LogP) is 5.90. The lowest BCUT2D eigenvalue weighted by atomic mass is 10.0. The first kappa shape index (κ1) is 76.9. The Hall–Kier alpha value is -14.3. The molecule has 0 aromatic heterocycles. The minimum atomic E-state index is -0.967. The van der Waals surface area contributed by atoms with E-state index in [1.54, 1.807) is 159 Å². The third-order valence-electron chi connectivity index (χ3n) is 20.6. The van der Waals surface area contributed by atoms with Crippen LogP contribution in [-0.4, -0.2) is 201 Å². The van der Waals surface area contributed by atoms with Crippen LogP contribution in [0.3, 0.4) is 0 Å². The van der Waals surface area contributed by atoms with Gasteiger partial charge in [0.1, 0.15) is 30.2 Å². The molecule has 30 nitrogen and oxygen atoms in total. The summed E-state index contributed by atoms with van der Waals surface area (Å²) in [5.41, 5.74) is 4.29. The molecule has 5 fully saturated rings. The number of amides is 20. The largest absolute Gasteiger partial charge is 0.295 e. The number of imide groups is 10. The van der Waals surface area contributed by atoms with Gasteiger partial charge in [0.05, 0.1) is 67.9 Å². The zero-order chi connectivity index (χ0) is 80.4. The van der Waals surface area contributed by atoms with Gasteiger partial charge >= 0.3 is 0 Å². The molecule has 0 spiro atoms. The van der Waals surface area contributed by atoms with Gasteiger partial charge in [-0.3, -0.25) is 140 Å². The van der Waals surface area contributed by atoms with Crippen molar-refractivity contribution in [2.75, 3.05) is 18.0 Å². The molecule has 17 rings (SSSR count). The molecule has 113 heavy (non-hydrogen) atoms. The Morgan fingerprint density at radius 1 is 0.310 bits per heavy atom. The Morgan fingerprint density at radius 2 is 0.575 bits per heavy atom. The highest BCUT2D eigenvalue weighted by molar-refractivity contribution is 6.28. The number of fused-ring (bicyclic) bond motifs is 5. The summed E-state index contributed by atoms with van der Waals surface area (Å²) < 4.78 is 0. The molecule has 0 saturated carbocycles. The molecule has 0 bridgehead atoms. The summed E-state index contributed by atoms with van der Waals surface area (Å²) in [7, 11) is 0. The molecule has 7 aromatic rings. The number of hydrogen-bond donors (Lipinski definition) is 1. The normalized spacial score (nSPS) is 21.1. The SMILES string of the molecule is C=CCN1C(=O)CCC(N2C(=O)c3ccccc3C2=O)C1=O.CCN1C(=O)CCC(N2C(=O)c3ccccc3C2=O)C1=O.O=C1CCC(N2C(=O)c3ccccc3C2=O)C(=O)N1.O=C1CCC(N2C(=O)c3ccccc3C2=O)C(=O)N1Cc1ccccc1.O=C1CCC(N2C(=O)c3ccccc3C2=O)C(=O)N1c1ccccc1. The quantitative estimate of drug-likeness (QED) is 0.116. The number of nitrogens with one attached hydrogen (secondary N) is 1. The maximum atomic E-state index is 12.9. The van der Waals surface area contributed by atoms with Crippen LogP contribution in [0.1, 0.15) is 180 Å². The Labute approximate surface area is 643 Å². The van der Waals surface area contributed by atoms with Gasteiger partial charge in [0.15, 0.2) is 0 Å². The second-order valence-electron chi connectivity index (χ2n) is 27.1. The molecule has 10 aliphatic rings. The number of likely N-dealkylation sites (N-methyl/N-ethyl adjacent to an activating group) is 1. The van der Waals surface area contributed by atoms with Crippen LogP contribution in [0.2, 0.25) is 0 Å². The number of likely N-dealkylation sites (tertiary alicyclic amines) is 3. The standard InChI is InChI=1S/C20H16N2O4.C19H14N2O4.C16H14N2O4.C15H14N2O4.C13H10N2O4/c23-17-11-10-16(20(26)21(17)12-13-6-2-1-3-7-13)22-18(24)14-8-4-5-9-15(14)19(22)25;22-16-11-10-15(19(25)20(16)12-6-2-1-3-7-12)21-17(23)13-8-4-5-9-14(13)18(21)24;1-2-9-17-13(19)8-7-12(16(17)22)18-14(20)10-5-3-4-6-11(10)15(18)21;1-2-16-12(18)8-7-11(15(16)21)17-13(19)9-5-3-4-6-10(9)14(17)20;16-10-6-5-9(11(17)14-10)15-12(18)7-3-1-2-4-8(7)13(15)19/h1-9,16H,10-12H2;1-9,15H,10-11H2;2-6,12H,1,7-9H2;3-6,11H,2,7-8H2,1H3;1-4,9H,5-6H2,(H,14,16,17). The van der Waals surface area contributed by atoms with E-state index < -0.39 is 119 Å². The van der Waals surface area contributed by atoms with Crippen molar-refractivity contribution >= 4 is 124 Å². The molecule has 10 aliphatic heterocycles. The molecule has 30 heteroatoms. The van der Waals surface area contributed by atoms with Crippen molar-refractivity contribution in [3.63, 3.8) is 0 Å². The van der Waals surface area contributed by atoms with E-state index in [2.05, 4.69) is 11.9 Å². The number of carbonyl (C=O) groups is 20. The fraction of sp³-hybridized carbons (Fsp3) is 0.229. The molecule has 5 unspecified atom stereocenters. The van der Waals surface area contributed by atoms with Crippen LogP contribution in [0, 0.1) is 0 Å². The van der Waals surface area contributed by atoms with E-state index in [-0.39, 0.29) is 113 Å². The minimum absolute atomic E-state index is 0.0807. The highest BCUT2D eigenvalue weighted by atomic mass is 16.2. The van der Waals surface area contributed by atoms with Gasteiger partial charge in [-0.05, 0) is 117 Å². The summed E-state index contributed by atoms with van der Waals surface area (Å²) in [5, 5.41) is 2.15. The van der Waals surface area contributed by atoms with Crippen molar-refractivity contribution in [2.45, 2.75) is 108 Å². The van der Waals surface area contributed by atoms with Gasteiger partial charge in [-0.25, -0.2) is 4.90 Å². The lowest BCUT2D eigenvalue weighted by molar-refractivity contribution is -0.153. The Bertz CT molecular complexity index is 5160. The minimum Gasteiger partial charge on any atom is -0.295 e. The van der Waals surface area contributed by atoms with Crippen LogP contribution in [0.5, 0.6) is 0 Å². The van der Waals surface area contributed by atoms with Crippen molar-refractivity contribution in [3.8, 4) is 0 Å². The summed E-state index contributed by atoms with van der Waals surface area (Å²) in [6.07, 6.45) is 2.92. The van der Waals surface area contributed by atoms with E-state index in [4.69, 9.17) is 0 Å². The van der Waals surface area contributed by atoms with E-state index in [0.29, 0.717) is 61.3 Å². The number of piperidine rings is 5. The Balaban J connectivity index is 0.000000124. The monoisotopic (exact) mass is 1520 g/mol. The van der Waals surface area contributed by atoms with E-state index in [1.165, 1.54) is 6.08 Å². The van der Waals surface area contributed by atoms with E-state index >= 15 is 0 Å². The molecule has 10 heterocycles. The van der Waals surface area contributed by atoms with Crippen molar-refractivity contribution in [3.05, 3.63) is 256 Å². The summed E-state index contributed by atoms with van der Waals surface area (Å²) in [5.74, 6) is -8.93. The number of rotatable bonds is 11. The van der Waals surface area contributed by atoms with E-state index in [1.807, 2.05) is 30.3 Å². The van der Waals surface area contributed by atoms with Crippen LogP contribution < -0.4 is 10.2 Å². The molecular weight excluding hydrogens is 1460 g/mol. The zero-order valence-electron chi connectivity index (χ0n) is 60.4. The first-order valence-corrected chi connectivity index (χ1v) is 36.2.